The summed E-state index contributed by atoms with van der Waals surface area (Å²) in [7, 11) is 0. The molecule has 0 radical (unpaired) electrons. The van der Waals surface area contributed by atoms with Gasteiger partial charge in [0.2, 0.25) is 11.8 Å². The first-order valence-electron chi connectivity index (χ1n) is 10.0. The Morgan fingerprint density at radius 2 is 2.04 bits per heavy atom. The molecule has 3 aliphatic heterocycles. The standard InChI is InChI=1S/C21H27N3O4/c1-21(2)12-14(9-11-28-21)22-18(25)13-24-16-7-4-3-6-15(16)19(26)23-10-5-8-17(23)20(24)27/h3-4,6-7,14,17H,5,8-13H2,1-2H3,(H,22,25)/t14-,17+/m1/s1. The van der Waals surface area contributed by atoms with Crippen LogP contribution in [0.5, 0.6) is 0 Å². The molecule has 3 aliphatic rings. The number of amides is 3. The second-order valence-corrected chi connectivity index (χ2v) is 8.46. The number of anilines is 1. The van der Waals surface area contributed by atoms with E-state index in [1.54, 1.807) is 29.2 Å². The third kappa shape index (κ3) is 3.51. The fourth-order valence-electron chi connectivity index (χ4n) is 4.54. The highest BCUT2D eigenvalue weighted by molar-refractivity contribution is 6.12. The topological polar surface area (TPSA) is 79.0 Å². The smallest absolute Gasteiger partial charge is 0.256 e. The number of rotatable bonds is 3. The molecule has 7 heteroatoms. The minimum absolute atomic E-state index is 0.0261. The molecule has 0 aliphatic carbocycles. The van der Waals surface area contributed by atoms with E-state index in [4.69, 9.17) is 4.74 Å². The van der Waals surface area contributed by atoms with Crippen LogP contribution >= 0.6 is 0 Å². The van der Waals surface area contributed by atoms with Gasteiger partial charge in [-0.1, -0.05) is 12.1 Å². The van der Waals surface area contributed by atoms with Gasteiger partial charge in [0.25, 0.3) is 5.91 Å². The summed E-state index contributed by atoms with van der Waals surface area (Å²) in [6.07, 6.45) is 2.94. The monoisotopic (exact) mass is 385 g/mol. The van der Waals surface area contributed by atoms with Crippen molar-refractivity contribution < 1.29 is 19.1 Å². The van der Waals surface area contributed by atoms with E-state index in [1.807, 2.05) is 13.8 Å². The van der Waals surface area contributed by atoms with Crippen molar-refractivity contribution in [2.45, 2.75) is 57.2 Å². The maximum Gasteiger partial charge on any atom is 0.256 e. The van der Waals surface area contributed by atoms with Crippen LogP contribution < -0.4 is 10.2 Å². The molecule has 150 valence electrons. The molecule has 2 atom stereocenters. The van der Waals surface area contributed by atoms with Crippen molar-refractivity contribution in [1.82, 2.24) is 10.2 Å². The summed E-state index contributed by atoms with van der Waals surface area (Å²) in [6.45, 7) is 5.14. The van der Waals surface area contributed by atoms with Gasteiger partial charge in [-0.05, 0) is 51.7 Å². The number of nitrogens with one attached hydrogen (secondary N) is 1. The fraction of sp³-hybridized carbons (Fsp3) is 0.571. The van der Waals surface area contributed by atoms with Gasteiger partial charge in [0.15, 0.2) is 0 Å². The van der Waals surface area contributed by atoms with E-state index in [-0.39, 0.29) is 35.9 Å². The lowest BCUT2D eigenvalue weighted by atomic mass is 9.94. The molecule has 3 heterocycles. The number of carbonyl (C=O) groups is 3. The molecule has 1 aromatic rings. The largest absolute Gasteiger partial charge is 0.375 e. The highest BCUT2D eigenvalue weighted by atomic mass is 16.5. The van der Waals surface area contributed by atoms with Gasteiger partial charge in [0.05, 0.1) is 16.9 Å². The van der Waals surface area contributed by atoms with E-state index >= 15 is 0 Å². The van der Waals surface area contributed by atoms with Gasteiger partial charge in [0, 0.05) is 19.2 Å². The van der Waals surface area contributed by atoms with E-state index in [9.17, 15) is 14.4 Å². The maximum absolute atomic E-state index is 13.2. The van der Waals surface area contributed by atoms with Crippen molar-refractivity contribution in [3.8, 4) is 0 Å². The van der Waals surface area contributed by atoms with Crippen molar-refractivity contribution in [1.29, 1.82) is 0 Å². The third-order valence-corrected chi connectivity index (χ3v) is 5.85. The molecule has 4 rings (SSSR count). The second kappa shape index (κ2) is 7.20. The van der Waals surface area contributed by atoms with Gasteiger partial charge in [-0.15, -0.1) is 0 Å². The summed E-state index contributed by atoms with van der Waals surface area (Å²) < 4.78 is 5.71. The van der Waals surface area contributed by atoms with Crippen LogP contribution in [0.15, 0.2) is 24.3 Å². The van der Waals surface area contributed by atoms with Gasteiger partial charge >= 0.3 is 0 Å². The zero-order chi connectivity index (χ0) is 19.9. The third-order valence-electron chi connectivity index (χ3n) is 5.85. The van der Waals surface area contributed by atoms with Gasteiger partial charge in [-0.3, -0.25) is 14.4 Å². The number of fused-ring (bicyclic) bond motifs is 2. The second-order valence-electron chi connectivity index (χ2n) is 8.46. The highest BCUT2D eigenvalue weighted by Gasteiger charge is 2.42. The number of ether oxygens (including phenoxy) is 1. The summed E-state index contributed by atoms with van der Waals surface area (Å²) in [5.41, 5.74) is 0.743. The summed E-state index contributed by atoms with van der Waals surface area (Å²) in [5, 5.41) is 3.05. The molecule has 0 bridgehead atoms. The van der Waals surface area contributed by atoms with Crippen molar-refractivity contribution in [2.24, 2.45) is 0 Å². The molecule has 2 saturated heterocycles. The van der Waals surface area contributed by atoms with E-state index < -0.39 is 6.04 Å². The first-order valence-corrected chi connectivity index (χ1v) is 10.0. The van der Waals surface area contributed by atoms with Crippen LogP contribution in [0.25, 0.3) is 0 Å². The Morgan fingerprint density at radius 1 is 1.25 bits per heavy atom. The first kappa shape index (κ1) is 18.9. The Morgan fingerprint density at radius 3 is 2.82 bits per heavy atom. The molecule has 1 aromatic carbocycles. The quantitative estimate of drug-likeness (QED) is 0.859. The minimum Gasteiger partial charge on any atom is -0.375 e. The molecule has 3 amide bonds. The summed E-state index contributed by atoms with van der Waals surface area (Å²) in [5.74, 6) is -0.497. The predicted molar refractivity (Wildman–Crippen MR) is 104 cm³/mol. The molecule has 7 nitrogen and oxygen atoms in total. The van der Waals surface area contributed by atoms with Crippen molar-refractivity contribution in [2.75, 3.05) is 24.6 Å². The summed E-state index contributed by atoms with van der Waals surface area (Å²) in [6, 6.07) is 6.62. The number of para-hydroxylation sites is 1. The van der Waals surface area contributed by atoms with Crippen LogP contribution in [0.4, 0.5) is 5.69 Å². The SMILES string of the molecule is CC1(C)C[C@H](NC(=O)CN2C(=O)[C@@H]3CCCN3C(=O)c3ccccc32)CCO1. The van der Waals surface area contributed by atoms with E-state index in [1.165, 1.54) is 4.90 Å². The number of benzene rings is 1. The van der Waals surface area contributed by atoms with Crippen molar-refractivity contribution in [3.63, 3.8) is 0 Å². The van der Waals surface area contributed by atoms with Crippen LogP contribution in [-0.4, -0.2) is 60.0 Å². The number of hydrogen-bond acceptors (Lipinski definition) is 4. The van der Waals surface area contributed by atoms with Crippen LogP contribution in [0.2, 0.25) is 0 Å². The maximum atomic E-state index is 13.2. The van der Waals surface area contributed by atoms with E-state index in [0.29, 0.717) is 30.8 Å². The number of hydrogen-bond donors (Lipinski definition) is 1. The van der Waals surface area contributed by atoms with Crippen LogP contribution in [0, 0.1) is 0 Å². The molecule has 28 heavy (non-hydrogen) atoms. The first-order chi connectivity index (χ1) is 13.4. The van der Waals surface area contributed by atoms with Crippen LogP contribution in [0.3, 0.4) is 0 Å². The minimum atomic E-state index is -0.477. The molecule has 0 saturated carbocycles. The van der Waals surface area contributed by atoms with Crippen molar-refractivity contribution >= 4 is 23.4 Å². The Hall–Kier alpha value is -2.41. The van der Waals surface area contributed by atoms with Crippen LogP contribution in [0.1, 0.15) is 49.9 Å². The summed E-state index contributed by atoms with van der Waals surface area (Å²) >= 11 is 0. The highest BCUT2D eigenvalue weighted by Crippen LogP contribution is 2.32. The van der Waals surface area contributed by atoms with Gasteiger partial charge in [0.1, 0.15) is 12.6 Å². The van der Waals surface area contributed by atoms with Gasteiger partial charge in [-0.2, -0.15) is 0 Å². The lowest BCUT2D eigenvalue weighted by Gasteiger charge is -2.36. The van der Waals surface area contributed by atoms with Crippen molar-refractivity contribution in [3.05, 3.63) is 29.8 Å². The normalized spacial score (nSPS) is 26.5. The van der Waals surface area contributed by atoms with Gasteiger partial charge in [-0.25, -0.2) is 0 Å². The molecular formula is C21H27N3O4. The Bertz CT molecular complexity index is 807. The Labute approximate surface area is 165 Å². The molecule has 0 aromatic heterocycles. The fourth-order valence-corrected chi connectivity index (χ4v) is 4.54. The van der Waals surface area contributed by atoms with Crippen LogP contribution in [-0.2, 0) is 14.3 Å². The predicted octanol–water partition coefficient (Wildman–Crippen LogP) is 1.71. The van der Waals surface area contributed by atoms with E-state index in [0.717, 1.165) is 19.3 Å². The zero-order valence-electron chi connectivity index (χ0n) is 16.4. The summed E-state index contributed by atoms with van der Waals surface area (Å²) in [4.78, 5) is 42.0. The average Bonchev–Trinajstić information content (AvgIpc) is 3.11. The Kier molecular flexibility index (Phi) is 4.87. The molecule has 0 spiro atoms. The molecular weight excluding hydrogens is 358 g/mol. The zero-order valence-corrected chi connectivity index (χ0v) is 16.4. The number of carbonyl (C=O) groups excluding carboxylic acids is 3. The lowest BCUT2D eigenvalue weighted by Crippen LogP contribution is -2.51. The molecule has 2 fully saturated rings. The number of nitrogens with zero attached hydrogens (tertiary/aromatic N) is 2. The van der Waals surface area contributed by atoms with Gasteiger partial charge < -0.3 is 19.9 Å². The molecule has 1 N–H and O–H groups in total. The Balaban J connectivity index is 1.55. The lowest BCUT2D eigenvalue weighted by molar-refractivity contribution is -0.127. The average molecular weight is 385 g/mol. The molecule has 0 unspecified atom stereocenters. The van der Waals surface area contributed by atoms with E-state index in [2.05, 4.69) is 5.32 Å².